The van der Waals surface area contributed by atoms with E-state index in [1.807, 2.05) is 0 Å². The Labute approximate surface area is 130 Å². The summed E-state index contributed by atoms with van der Waals surface area (Å²) in [7, 11) is 6.61. The molecule has 0 bridgehead atoms. The minimum Gasteiger partial charge on any atom is -0.317 e. The van der Waals surface area contributed by atoms with Gasteiger partial charge in [0.2, 0.25) is 0 Å². The van der Waals surface area contributed by atoms with Crippen LogP contribution >= 0.6 is 0 Å². The normalized spacial score (nSPS) is 22.4. The molecule has 1 aromatic carbocycles. The van der Waals surface area contributed by atoms with E-state index >= 15 is 0 Å². The zero-order valence-corrected chi connectivity index (χ0v) is 14.3. The minimum atomic E-state index is 0.545. The molecule has 0 aromatic heterocycles. The van der Waals surface area contributed by atoms with Gasteiger partial charge >= 0.3 is 0 Å². The Balaban J connectivity index is 2.03. The fraction of sp³-hybridized carbons (Fsp3) is 0.667. The van der Waals surface area contributed by atoms with Crippen molar-refractivity contribution in [3.63, 3.8) is 0 Å². The van der Waals surface area contributed by atoms with E-state index < -0.39 is 0 Å². The molecular weight excluding hydrogens is 258 g/mol. The van der Waals surface area contributed by atoms with Crippen LogP contribution in [0.15, 0.2) is 18.2 Å². The quantitative estimate of drug-likeness (QED) is 0.895. The molecule has 0 aliphatic carbocycles. The van der Waals surface area contributed by atoms with Gasteiger partial charge in [0.05, 0.1) is 0 Å². The topological polar surface area (TPSA) is 18.5 Å². The summed E-state index contributed by atoms with van der Waals surface area (Å²) in [6, 6.07) is 7.83. The molecule has 118 valence electrons. The number of nitrogens with one attached hydrogen (secondary N) is 1. The third kappa shape index (κ3) is 4.29. The van der Waals surface area contributed by atoms with Crippen LogP contribution in [-0.2, 0) is 6.42 Å². The van der Waals surface area contributed by atoms with Crippen molar-refractivity contribution in [1.82, 2.24) is 15.1 Å². The number of likely N-dealkylation sites (N-methyl/N-ethyl adjacent to an activating group) is 3. The van der Waals surface area contributed by atoms with E-state index in [2.05, 4.69) is 68.3 Å². The van der Waals surface area contributed by atoms with Gasteiger partial charge in [-0.3, -0.25) is 0 Å². The van der Waals surface area contributed by atoms with E-state index in [0.29, 0.717) is 12.1 Å². The Morgan fingerprint density at radius 3 is 2.48 bits per heavy atom. The maximum absolute atomic E-state index is 3.54. The SMILES string of the molecule is CNC(Cc1c(C)cccc1C)CC1CN(C)CCN1C. The van der Waals surface area contributed by atoms with E-state index in [1.54, 1.807) is 0 Å². The third-order valence-corrected chi connectivity index (χ3v) is 5.04. The van der Waals surface area contributed by atoms with Gasteiger partial charge in [-0.05, 0) is 64.5 Å². The molecule has 1 aliphatic heterocycles. The molecular formula is C18H31N3. The van der Waals surface area contributed by atoms with E-state index in [0.717, 1.165) is 6.42 Å². The highest BCUT2D eigenvalue weighted by Crippen LogP contribution is 2.19. The lowest BCUT2D eigenvalue weighted by Crippen LogP contribution is -2.52. The minimum absolute atomic E-state index is 0.545. The zero-order valence-electron chi connectivity index (χ0n) is 14.3. The van der Waals surface area contributed by atoms with Crippen molar-refractivity contribution in [3.8, 4) is 0 Å². The van der Waals surface area contributed by atoms with E-state index in [-0.39, 0.29) is 0 Å². The molecule has 0 radical (unpaired) electrons. The second kappa shape index (κ2) is 7.39. The van der Waals surface area contributed by atoms with Gasteiger partial charge in [0.1, 0.15) is 0 Å². The van der Waals surface area contributed by atoms with E-state index in [9.17, 15) is 0 Å². The molecule has 2 atom stereocenters. The molecule has 0 saturated carbocycles. The first kappa shape index (κ1) is 16.5. The van der Waals surface area contributed by atoms with Crippen molar-refractivity contribution in [2.45, 2.75) is 38.8 Å². The molecule has 3 nitrogen and oxygen atoms in total. The molecule has 0 spiro atoms. The van der Waals surface area contributed by atoms with Crippen LogP contribution in [-0.4, -0.2) is 62.7 Å². The van der Waals surface area contributed by atoms with Gasteiger partial charge in [-0.15, -0.1) is 0 Å². The van der Waals surface area contributed by atoms with Crippen LogP contribution in [0, 0.1) is 13.8 Å². The van der Waals surface area contributed by atoms with Gasteiger partial charge in [-0.2, -0.15) is 0 Å². The first-order valence-electron chi connectivity index (χ1n) is 8.12. The Morgan fingerprint density at radius 1 is 1.19 bits per heavy atom. The Bertz CT molecular complexity index is 438. The first-order chi connectivity index (χ1) is 10.0. The molecule has 1 fully saturated rings. The average Bonchev–Trinajstić information content (AvgIpc) is 2.45. The summed E-state index contributed by atoms with van der Waals surface area (Å²) in [5.74, 6) is 0. The molecule has 1 saturated heterocycles. The van der Waals surface area contributed by atoms with Gasteiger partial charge < -0.3 is 15.1 Å². The summed E-state index contributed by atoms with van der Waals surface area (Å²) >= 11 is 0. The van der Waals surface area contributed by atoms with Gasteiger partial charge in [0, 0.05) is 31.7 Å². The third-order valence-electron chi connectivity index (χ3n) is 5.04. The number of nitrogens with zero attached hydrogens (tertiary/aromatic N) is 2. The predicted octanol–water partition coefficient (Wildman–Crippen LogP) is 2.07. The molecule has 0 amide bonds. The summed E-state index contributed by atoms with van der Waals surface area (Å²) in [5.41, 5.74) is 4.36. The summed E-state index contributed by atoms with van der Waals surface area (Å²) < 4.78 is 0. The van der Waals surface area contributed by atoms with Crippen LogP contribution in [0.3, 0.4) is 0 Å². The van der Waals surface area contributed by atoms with Crippen LogP contribution < -0.4 is 5.32 Å². The van der Waals surface area contributed by atoms with Crippen molar-refractivity contribution in [2.75, 3.05) is 40.8 Å². The van der Waals surface area contributed by atoms with Crippen molar-refractivity contribution in [3.05, 3.63) is 34.9 Å². The maximum Gasteiger partial charge on any atom is 0.0235 e. The number of aryl methyl sites for hydroxylation is 2. The largest absolute Gasteiger partial charge is 0.317 e. The smallest absolute Gasteiger partial charge is 0.0235 e. The van der Waals surface area contributed by atoms with Crippen LogP contribution in [0.1, 0.15) is 23.1 Å². The fourth-order valence-electron chi connectivity index (χ4n) is 3.40. The van der Waals surface area contributed by atoms with Crippen LogP contribution in [0.25, 0.3) is 0 Å². The molecule has 2 unspecified atom stereocenters. The number of hydrogen-bond acceptors (Lipinski definition) is 3. The number of hydrogen-bond donors (Lipinski definition) is 1. The Morgan fingerprint density at radius 2 is 1.86 bits per heavy atom. The van der Waals surface area contributed by atoms with Crippen LogP contribution in [0.2, 0.25) is 0 Å². The van der Waals surface area contributed by atoms with E-state index in [1.165, 1.54) is 42.7 Å². The van der Waals surface area contributed by atoms with Gasteiger partial charge in [-0.25, -0.2) is 0 Å². The molecule has 3 heteroatoms. The predicted molar refractivity (Wildman–Crippen MR) is 91.0 cm³/mol. The average molecular weight is 289 g/mol. The molecule has 1 aromatic rings. The maximum atomic E-state index is 3.54. The fourth-order valence-corrected chi connectivity index (χ4v) is 3.40. The lowest BCUT2D eigenvalue weighted by atomic mass is 9.92. The number of rotatable bonds is 5. The van der Waals surface area contributed by atoms with Gasteiger partial charge in [0.15, 0.2) is 0 Å². The standard InChI is InChI=1S/C18H31N3/c1-14-7-6-8-15(2)18(14)12-16(19-3)11-17-13-20(4)9-10-21(17)5/h6-8,16-17,19H,9-13H2,1-5H3. The summed E-state index contributed by atoms with van der Waals surface area (Å²) in [6.07, 6.45) is 2.34. The van der Waals surface area contributed by atoms with Crippen LogP contribution in [0.4, 0.5) is 0 Å². The molecule has 1 aliphatic rings. The van der Waals surface area contributed by atoms with Crippen LogP contribution in [0.5, 0.6) is 0 Å². The van der Waals surface area contributed by atoms with Gasteiger partial charge in [0.25, 0.3) is 0 Å². The lowest BCUT2D eigenvalue weighted by Gasteiger charge is -2.39. The molecule has 1 N–H and O–H groups in total. The molecule has 1 heterocycles. The highest BCUT2D eigenvalue weighted by Gasteiger charge is 2.25. The summed E-state index contributed by atoms with van der Waals surface area (Å²) in [4.78, 5) is 4.98. The first-order valence-corrected chi connectivity index (χ1v) is 8.12. The van der Waals surface area contributed by atoms with Crippen molar-refractivity contribution < 1.29 is 0 Å². The molecule has 2 rings (SSSR count). The highest BCUT2D eigenvalue weighted by molar-refractivity contribution is 5.34. The number of piperazine rings is 1. The van der Waals surface area contributed by atoms with Crippen molar-refractivity contribution in [2.24, 2.45) is 0 Å². The van der Waals surface area contributed by atoms with Crippen molar-refractivity contribution in [1.29, 1.82) is 0 Å². The molecule has 21 heavy (non-hydrogen) atoms. The van der Waals surface area contributed by atoms with E-state index in [4.69, 9.17) is 0 Å². The second-order valence-corrected chi connectivity index (χ2v) is 6.69. The lowest BCUT2D eigenvalue weighted by molar-refractivity contribution is 0.102. The summed E-state index contributed by atoms with van der Waals surface area (Å²) in [6.45, 7) is 8.02. The Kier molecular flexibility index (Phi) is 5.80. The van der Waals surface area contributed by atoms with Crippen molar-refractivity contribution >= 4 is 0 Å². The Hall–Kier alpha value is -0.900. The second-order valence-electron chi connectivity index (χ2n) is 6.69. The highest BCUT2D eigenvalue weighted by atomic mass is 15.3. The monoisotopic (exact) mass is 289 g/mol. The summed E-state index contributed by atoms with van der Waals surface area (Å²) in [5, 5.41) is 3.54. The van der Waals surface area contributed by atoms with Gasteiger partial charge in [-0.1, -0.05) is 18.2 Å². The zero-order chi connectivity index (χ0) is 15.4. The number of benzene rings is 1.